The molecule has 1 unspecified atom stereocenters. The molecule has 33 heavy (non-hydrogen) atoms. The summed E-state index contributed by atoms with van der Waals surface area (Å²) in [5.74, 6) is 4.75. The van der Waals surface area contributed by atoms with Gasteiger partial charge in [0.2, 0.25) is 11.9 Å². The Morgan fingerprint density at radius 1 is 1.15 bits per heavy atom. The topological polar surface area (TPSA) is 66.4 Å². The van der Waals surface area contributed by atoms with E-state index in [2.05, 4.69) is 15.8 Å². The Bertz CT molecular complexity index is 1110. The molecule has 2 aromatic rings. The van der Waals surface area contributed by atoms with Gasteiger partial charge in [0.25, 0.3) is 0 Å². The van der Waals surface area contributed by atoms with Crippen molar-refractivity contribution in [3.63, 3.8) is 0 Å². The second-order valence-corrected chi connectivity index (χ2v) is 11.6. The first kappa shape index (κ1) is 23.5. The summed E-state index contributed by atoms with van der Waals surface area (Å²) in [6.07, 6.45) is -1.79. The van der Waals surface area contributed by atoms with Crippen molar-refractivity contribution >= 4 is 27.2 Å². The van der Waals surface area contributed by atoms with Gasteiger partial charge in [0.05, 0.1) is 11.6 Å². The van der Waals surface area contributed by atoms with Crippen molar-refractivity contribution in [1.82, 2.24) is 14.9 Å². The van der Waals surface area contributed by atoms with E-state index in [0.29, 0.717) is 44.0 Å². The summed E-state index contributed by atoms with van der Waals surface area (Å²) in [5.41, 5.74) is 1.11. The summed E-state index contributed by atoms with van der Waals surface area (Å²) in [6.45, 7) is 3.16. The highest BCUT2D eigenvalue weighted by Crippen LogP contribution is 2.33. The van der Waals surface area contributed by atoms with Crippen LogP contribution in [0.1, 0.15) is 35.6 Å². The highest BCUT2D eigenvalue weighted by molar-refractivity contribution is 8.00. The average Bonchev–Trinajstić information content (AvgIpc) is 2.78. The number of anilines is 1. The monoisotopic (exact) mass is 480 g/mol. The molecule has 6 nitrogen and oxygen atoms in total. The van der Waals surface area contributed by atoms with Gasteiger partial charge in [0.15, 0.2) is 0 Å². The molecule has 0 bridgehead atoms. The average molecular weight is 481 g/mol. The Kier molecular flexibility index (Phi) is 6.39. The third kappa shape index (κ3) is 5.31. The predicted molar refractivity (Wildman–Crippen MR) is 123 cm³/mol. The Hall–Kier alpha value is -2.62. The van der Waals surface area contributed by atoms with Crippen LogP contribution < -0.4 is 4.90 Å². The van der Waals surface area contributed by atoms with Crippen molar-refractivity contribution in [3.05, 3.63) is 53.3 Å². The van der Waals surface area contributed by atoms with Crippen LogP contribution in [0, 0.1) is 12.8 Å². The summed E-state index contributed by atoms with van der Waals surface area (Å²) >= 11 is 0. The van der Waals surface area contributed by atoms with Crippen LogP contribution in [0.25, 0.3) is 0 Å². The Morgan fingerprint density at radius 2 is 1.82 bits per heavy atom. The lowest BCUT2D eigenvalue weighted by atomic mass is 9.95. The molecule has 0 spiro atoms. The molecule has 0 radical (unpaired) electrons. The number of carbonyl (C=O) groups excluding carboxylic acids is 1. The first-order valence-electron chi connectivity index (χ1n) is 10.9. The third-order valence-corrected chi connectivity index (χ3v) is 8.32. The van der Waals surface area contributed by atoms with Gasteiger partial charge in [-0.05, 0) is 40.7 Å². The van der Waals surface area contributed by atoms with E-state index < -0.39 is 21.3 Å². The van der Waals surface area contributed by atoms with Crippen LogP contribution in [0.4, 0.5) is 19.1 Å². The van der Waals surface area contributed by atoms with Crippen LogP contribution in [0.5, 0.6) is 0 Å². The van der Waals surface area contributed by atoms with E-state index in [0.717, 1.165) is 23.5 Å². The second kappa shape index (κ2) is 8.96. The van der Waals surface area contributed by atoms with Crippen molar-refractivity contribution in [3.8, 4) is 0 Å². The number of hydrogen-bond donors (Lipinski definition) is 0. The van der Waals surface area contributed by atoms with E-state index in [4.69, 9.17) is 0 Å². The zero-order valence-corrected chi connectivity index (χ0v) is 19.2. The highest BCUT2D eigenvalue weighted by atomic mass is 32.2. The number of benzene rings is 1. The number of rotatable bonds is 3. The number of carbonyl (C=O) groups is 1. The maximum absolute atomic E-state index is 13.5. The van der Waals surface area contributed by atoms with Crippen molar-refractivity contribution < 1.29 is 22.2 Å². The Labute approximate surface area is 191 Å². The lowest BCUT2D eigenvalue weighted by Gasteiger charge is -2.43. The lowest BCUT2D eigenvalue weighted by molar-refractivity contribution is -0.139. The number of alkyl halides is 3. The zero-order chi connectivity index (χ0) is 23.8. The molecule has 2 aliphatic rings. The van der Waals surface area contributed by atoms with Crippen LogP contribution in [-0.4, -0.2) is 62.0 Å². The molecule has 1 aromatic heterocycles. The molecule has 2 aliphatic heterocycles. The van der Waals surface area contributed by atoms with Gasteiger partial charge >= 0.3 is 6.18 Å². The number of nitrogens with zero attached hydrogens (tertiary/aromatic N) is 4. The number of aromatic nitrogens is 2. The third-order valence-electron chi connectivity index (χ3n) is 6.36. The number of halogens is 3. The molecule has 0 aliphatic carbocycles. The molecular weight excluding hydrogens is 453 g/mol. The first-order chi connectivity index (χ1) is 15.5. The number of piperazine rings is 1. The molecule has 1 atom stereocenters. The summed E-state index contributed by atoms with van der Waals surface area (Å²) in [5, 5.41) is 0. The molecular formula is C23H27F3N4O2S. The smallest absolute Gasteiger partial charge is 0.337 e. The van der Waals surface area contributed by atoms with Crippen LogP contribution in [0.3, 0.4) is 0 Å². The predicted octanol–water partition coefficient (Wildman–Crippen LogP) is 3.32. The van der Waals surface area contributed by atoms with Gasteiger partial charge < -0.3 is 9.80 Å². The van der Waals surface area contributed by atoms with Crippen molar-refractivity contribution in [2.75, 3.05) is 36.0 Å². The van der Waals surface area contributed by atoms with Gasteiger partial charge in [-0.15, -0.1) is 0 Å². The van der Waals surface area contributed by atoms with Crippen molar-refractivity contribution in [2.24, 2.45) is 5.92 Å². The molecule has 1 aromatic carbocycles. The summed E-state index contributed by atoms with van der Waals surface area (Å²) in [7, 11) is -2.09. The van der Waals surface area contributed by atoms with E-state index in [1.54, 1.807) is 0 Å². The fraction of sp³-hybridized carbons (Fsp3) is 0.478. The lowest BCUT2D eigenvalue weighted by Crippen LogP contribution is -2.53. The van der Waals surface area contributed by atoms with Crippen molar-refractivity contribution in [1.29, 1.82) is 0 Å². The minimum absolute atomic E-state index is 0.0318. The van der Waals surface area contributed by atoms with Gasteiger partial charge in [-0.3, -0.25) is 9.00 Å². The highest BCUT2D eigenvalue weighted by Gasteiger charge is 2.37. The van der Waals surface area contributed by atoms with Gasteiger partial charge in [0.1, 0.15) is 0 Å². The maximum atomic E-state index is 13.5. The molecule has 1 amide bonds. The standard InChI is InChI=1S/C23H27F3N4O2S/c1-16-4-3-5-18(12-16)20-15-29(22-27-13-19(14-28-22)23(24,25)26)8-9-30(20)21(31)17-6-10-33(2,32)11-7-17/h3-5,12-14,17,20H,2,6-11,15H2,1H3. The Morgan fingerprint density at radius 3 is 2.42 bits per heavy atom. The number of aryl methyl sites for hydroxylation is 1. The molecule has 3 heterocycles. The zero-order valence-electron chi connectivity index (χ0n) is 18.4. The van der Waals surface area contributed by atoms with E-state index in [9.17, 15) is 22.2 Å². The SMILES string of the molecule is C=S1(=O)CCC(C(=O)N2CCN(c3ncc(C(F)(F)F)cn3)CC2c2cccc(C)c2)CC1. The van der Waals surface area contributed by atoms with Gasteiger partial charge in [-0.1, -0.05) is 29.8 Å². The molecule has 10 heteroatoms. The fourth-order valence-electron chi connectivity index (χ4n) is 4.46. The minimum Gasteiger partial charge on any atom is -0.337 e. The van der Waals surface area contributed by atoms with E-state index >= 15 is 0 Å². The summed E-state index contributed by atoms with van der Waals surface area (Å²) < 4.78 is 50.9. The van der Waals surface area contributed by atoms with Gasteiger partial charge in [-0.25, -0.2) is 9.97 Å². The largest absolute Gasteiger partial charge is 0.419 e. The van der Waals surface area contributed by atoms with Crippen LogP contribution >= 0.6 is 0 Å². The molecule has 0 saturated carbocycles. The second-order valence-electron chi connectivity index (χ2n) is 8.83. The molecule has 2 saturated heterocycles. The Balaban J connectivity index is 1.58. The van der Waals surface area contributed by atoms with Crippen LogP contribution in [0.2, 0.25) is 0 Å². The van der Waals surface area contributed by atoms with E-state index in [1.807, 2.05) is 41.0 Å². The van der Waals surface area contributed by atoms with Crippen molar-refractivity contribution in [2.45, 2.75) is 32.0 Å². The van der Waals surface area contributed by atoms with E-state index in [1.165, 1.54) is 0 Å². The number of amides is 1. The van der Waals surface area contributed by atoms with Crippen LogP contribution in [0.15, 0.2) is 36.7 Å². The van der Waals surface area contributed by atoms with E-state index in [-0.39, 0.29) is 23.8 Å². The fourth-order valence-corrected chi connectivity index (χ4v) is 6.10. The minimum atomic E-state index is -4.49. The molecule has 178 valence electrons. The number of hydrogen-bond acceptors (Lipinski definition) is 5. The first-order valence-corrected chi connectivity index (χ1v) is 12.9. The van der Waals surface area contributed by atoms with Gasteiger partial charge in [-0.2, -0.15) is 13.2 Å². The summed E-state index contributed by atoms with van der Waals surface area (Å²) in [6, 6.07) is 7.59. The quantitative estimate of drug-likeness (QED) is 0.631. The maximum Gasteiger partial charge on any atom is 0.419 e. The van der Waals surface area contributed by atoms with Gasteiger partial charge in [0, 0.05) is 49.5 Å². The molecule has 4 rings (SSSR count). The molecule has 2 fully saturated rings. The van der Waals surface area contributed by atoms with Crippen LogP contribution in [-0.2, 0) is 20.5 Å². The molecule has 0 N–H and O–H groups in total. The normalized spacial score (nSPS) is 26.3. The summed E-state index contributed by atoms with van der Waals surface area (Å²) in [4.78, 5) is 25.0.